The number of aryl methyl sites for hydroxylation is 1. The van der Waals surface area contributed by atoms with Gasteiger partial charge in [-0.2, -0.15) is 0 Å². The third kappa shape index (κ3) is 5.28. The summed E-state index contributed by atoms with van der Waals surface area (Å²) in [6.07, 6.45) is 0. The Hall–Kier alpha value is -2.95. The molecule has 0 heterocycles. The van der Waals surface area contributed by atoms with E-state index in [0.29, 0.717) is 16.8 Å². The SMILES string of the molecule is Cc1ccc(C(=O)OCC(=O)c2ccc(NC(=O)C(C)C)cc2)cc1. The number of benzene rings is 2. The minimum Gasteiger partial charge on any atom is -0.454 e. The summed E-state index contributed by atoms with van der Waals surface area (Å²) in [6, 6.07) is 13.4. The molecule has 5 nitrogen and oxygen atoms in total. The third-order valence-electron chi connectivity index (χ3n) is 3.62. The van der Waals surface area contributed by atoms with Crippen molar-refractivity contribution < 1.29 is 19.1 Å². The smallest absolute Gasteiger partial charge is 0.338 e. The van der Waals surface area contributed by atoms with Gasteiger partial charge >= 0.3 is 5.97 Å². The Kier molecular flexibility index (Phi) is 6.06. The molecule has 0 spiro atoms. The van der Waals surface area contributed by atoms with E-state index in [1.165, 1.54) is 0 Å². The molecule has 2 rings (SSSR count). The molecular weight excluding hydrogens is 318 g/mol. The standard InChI is InChI=1S/C20H21NO4/c1-13(2)19(23)21-17-10-8-15(9-11-17)18(22)12-25-20(24)16-6-4-14(3)5-7-16/h4-11,13H,12H2,1-3H3,(H,21,23). The first-order valence-electron chi connectivity index (χ1n) is 8.04. The summed E-state index contributed by atoms with van der Waals surface area (Å²) in [7, 11) is 0. The van der Waals surface area contributed by atoms with E-state index in [-0.39, 0.29) is 24.2 Å². The van der Waals surface area contributed by atoms with Crippen LogP contribution in [0.2, 0.25) is 0 Å². The molecule has 0 aliphatic heterocycles. The zero-order valence-electron chi connectivity index (χ0n) is 14.5. The second-order valence-corrected chi connectivity index (χ2v) is 6.09. The van der Waals surface area contributed by atoms with Crippen LogP contribution in [0.5, 0.6) is 0 Å². The third-order valence-corrected chi connectivity index (χ3v) is 3.62. The van der Waals surface area contributed by atoms with E-state index >= 15 is 0 Å². The predicted molar refractivity (Wildman–Crippen MR) is 95.7 cm³/mol. The Morgan fingerprint density at radius 3 is 2.04 bits per heavy atom. The van der Waals surface area contributed by atoms with Gasteiger partial charge in [-0.3, -0.25) is 9.59 Å². The van der Waals surface area contributed by atoms with Crippen LogP contribution in [0, 0.1) is 12.8 Å². The average Bonchev–Trinajstić information content (AvgIpc) is 2.60. The second-order valence-electron chi connectivity index (χ2n) is 6.09. The van der Waals surface area contributed by atoms with Crippen LogP contribution in [0.1, 0.15) is 40.1 Å². The molecule has 0 unspecified atom stereocenters. The molecule has 0 aliphatic carbocycles. The van der Waals surface area contributed by atoms with Gasteiger partial charge in [-0.05, 0) is 43.3 Å². The van der Waals surface area contributed by atoms with Gasteiger partial charge in [0.1, 0.15) is 0 Å². The number of carbonyl (C=O) groups is 3. The summed E-state index contributed by atoms with van der Waals surface area (Å²) in [5.74, 6) is -1.05. The maximum Gasteiger partial charge on any atom is 0.338 e. The van der Waals surface area contributed by atoms with Crippen molar-refractivity contribution in [3.8, 4) is 0 Å². The lowest BCUT2D eigenvalue weighted by atomic mass is 10.1. The molecule has 0 saturated carbocycles. The highest BCUT2D eigenvalue weighted by Crippen LogP contribution is 2.12. The number of ether oxygens (including phenoxy) is 1. The number of nitrogens with one attached hydrogen (secondary N) is 1. The van der Waals surface area contributed by atoms with Gasteiger partial charge in [-0.1, -0.05) is 31.5 Å². The zero-order chi connectivity index (χ0) is 18.4. The van der Waals surface area contributed by atoms with E-state index in [2.05, 4.69) is 5.32 Å². The molecule has 0 saturated heterocycles. The summed E-state index contributed by atoms with van der Waals surface area (Å²) in [5.41, 5.74) is 2.48. The topological polar surface area (TPSA) is 72.5 Å². The first-order valence-corrected chi connectivity index (χ1v) is 8.04. The maximum absolute atomic E-state index is 12.1. The Morgan fingerprint density at radius 2 is 1.48 bits per heavy atom. The highest BCUT2D eigenvalue weighted by Gasteiger charge is 2.12. The summed E-state index contributed by atoms with van der Waals surface area (Å²) in [5, 5.41) is 2.75. The monoisotopic (exact) mass is 339 g/mol. The van der Waals surface area contributed by atoms with Crippen LogP contribution >= 0.6 is 0 Å². The molecule has 1 amide bonds. The lowest BCUT2D eigenvalue weighted by molar-refractivity contribution is -0.118. The average molecular weight is 339 g/mol. The molecule has 0 aromatic heterocycles. The van der Waals surface area contributed by atoms with Gasteiger partial charge in [-0.25, -0.2) is 4.79 Å². The normalized spacial score (nSPS) is 10.4. The van der Waals surface area contributed by atoms with E-state index in [4.69, 9.17) is 4.74 Å². The molecular formula is C20H21NO4. The largest absolute Gasteiger partial charge is 0.454 e. The fraction of sp³-hybridized carbons (Fsp3) is 0.250. The van der Waals surface area contributed by atoms with Crippen LogP contribution in [-0.4, -0.2) is 24.3 Å². The van der Waals surface area contributed by atoms with Crippen molar-refractivity contribution in [1.29, 1.82) is 0 Å². The highest BCUT2D eigenvalue weighted by molar-refractivity contribution is 6.00. The molecule has 1 N–H and O–H groups in total. The van der Waals surface area contributed by atoms with E-state index in [1.807, 2.05) is 19.1 Å². The van der Waals surface area contributed by atoms with Gasteiger partial charge in [0.05, 0.1) is 5.56 Å². The molecule has 2 aromatic rings. The molecule has 0 bridgehead atoms. The molecule has 5 heteroatoms. The van der Waals surface area contributed by atoms with E-state index in [0.717, 1.165) is 5.56 Å². The van der Waals surface area contributed by atoms with E-state index in [9.17, 15) is 14.4 Å². The molecule has 0 atom stereocenters. The molecule has 0 radical (unpaired) electrons. The minimum absolute atomic E-state index is 0.0916. The maximum atomic E-state index is 12.1. The fourth-order valence-electron chi connectivity index (χ4n) is 2.01. The van der Waals surface area contributed by atoms with Crippen molar-refractivity contribution >= 4 is 23.3 Å². The zero-order valence-corrected chi connectivity index (χ0v) is 14.5. The molecule has 0 aliphatic rings. The summed E-state index contributed by atoms with van der Waals surface area (Å²) in [6.45, 7) is 5.20. The quantitative estimate of drug-likeness (QED) is 0.644. The summed E-state index contributed by atoms with van der Waals surface area (Å²) < 4.78 is 5.05. The Balaban J connectivity index is 1.91. The number of hydrogen-bond acceptors (Lipinski definition) is 4. The van der Waals surface area contributed by atoms with Crippen LogP contribution in [0.4, 0.5) is 5.69 Å². The number of esters is 1. The lowest BCUT2D eigenvalue weighted by Gasteiger charge is -2.08. The van der Waals surface area contributed by atoms with Crippen molar-refractivity contribution in [2.24, 2.45) is 5.92 Å². The van der Waals surface area contributed by atoms with Crippen LogP contribution in [-0.2, 0) is 9.53 Å². The lowest BCUT2D eigenvalue weighted by Crippen LogP contribution is -2.18. The molecule has 0 fully saturated rings. The predicted octanol–water partition coefficient (Wildman–Crippen LogP) is 3.63. The fourth-order valence-corrected chi connectivity index (χ4v) is 2.01. The van der Waals surface area contributed by atoms with Crippen LogP contribution in [0.15, 0.2) is 48.5 Å². The number of amides is 1. The first kappa shape index (κ1) is 18.4. The molecule has 2 aromatic carbocycles. The van der Waals surface area contributed by atoms with Gasteiger partial charge < -0.3 is 10.1 Å². The Bertz CT molecular complexity index is 761. The van der Waals surface area contributed by atoms with Gasteiger partial charge in [0.25, 0.3) is 0 Å². The number of rotatable bonds is 6. The van der Waals surface area contributed by atoms with E-state index < -0.39 is 5.97 Å². The van der Waals surface area contributed by atoms with Crippen molar-refractivity contribution in [3.05, 3.63) is 65.2 Å². The van der Waals surface area contributed by atoms with Crippen LogP contribution in [0.25, 0.3) is 0 Å². The summed E-state index contributed by atoms with van der Waals surface area (Å²) >= 11 is 0. The van der Waals surface area contributed by atoms with Crippen molar-refractivity contribution in [3.63, 3.8) is 0 Å². The van der Waals surface area contributed by atoms with Gasteiger partial charge in [-0.15, -0.1) is 0 Å². The van der Waals surface area contributed by atoms with Gasteiger partial charge in [0.15, 0.2) is 12.4 Å². The second kappa shape index (κ2) is 8.24. The number of anilines is 1. The number of hydrogen-bond donors (Lipinski definition) is 1. The van der Waals surface area contributed by atoms with Crippen molar-refractivity contribution in [1.82, 2.24) is 0 Å². The number of Topliss-reactive ketones (excluding diaryl/α,β-unsaturated/α-hetero) is 1. The van der Waals surface area contributed by atoms with Gasteiger partial charge in [0, 0.05) is 17.2 Å². The highest BCUT2D eigenvalue weighted by atomic mass is 16.5. The minimum atomic E-state index is -0.533. The molecule has 25 heavy (non-hydrogen) atoms. The summed E-state index contributed by atoms with van der Waals surface area (Å²) in [4.78, 5) is 35.6. The number of carbonyl (C=O) groups excluding carboxylic acids is 3. The van der Waals surface area contributed by atoms with E-state index in [1.54, 1.807) is 50.2 Å². The first-order chi connectivity index (χ1) is 11.9. The van der Waals surface area contributed by atoms with Crippen molar-refractivity contribution in [2.75, 3.05) is 11.9 Å². The van der Waals surface area contributed by atoms with Crippen LogP contribution in [0.3, 0.4) is 0 Å². The Morgan fingerprint density at radius 1 is 0.920 bits per heavy atom. The van der Waals surface area contributed by atoms with Crippen molar-refractivity contribution in [2.45, 2.75) is 20.8 Å². The van der Waals surface area contributed by atoms with Crippen LogP contribution < -0.4 is 5.32 Å². The number of ketones is 1. The molecule has 130 valence electrons. The van der Waals surface area contributed by atoms with Gasteiger partial charge in [0.2, 0.25) is 5.91 Å². The Labute approximate surface area is 147 Å².